The van der Waals surface area contributed by atoms with E-state index in [0.717, 1.165) is 0 Å². The highest BCUT2D eigenvalue weighted by Crippen LogP contribution is 2.22. The molecule has 78 valence electrons. The van der Waals surface area contributed by atoms with Crippen molar-refractivity contribution in [2.45, 2.75) is 6.92 Å². The lowest BCUT2D eigenvalue weighted by Crippen LogP contribution is -2.09. The van der Waals surface area contributed by atoms with Gasteiger partial charge in [0.1, 0.15) is 16.4 Å². The van der Waals surface area contributed by atoms with Gasteiger partial charge < -0.3 is 10.8 Å². The first-order chi connectivity index (χ1) is 7.02. The molecule has 3 N–H and O–H groups in total. The first-order valence-corrected chi connectivity index (χ1v) is 4.42. The van der Waals surface area contributed by atoms with Gasteiger partial charge in [-0.15, -0.1) is 0 Å². The maximum absolute atomic E-state index is 10.8. The second-order valence-corrected chi connectivity index (χ2v) is 3.38. The zero-order valence-electron chi connectivity index (χ0n) is 7.73. The molecule has 6 nitrogen and oxygen atoms in total. The number of nitrogens with two attached hydrogens (primary N) is 1. The van der Waals surface area contributed by atoms with Crippen LogP contribution in [0, 0.1) is 6.92 Å². The molecule has 0 radical (unpaired) electrons. The SMILES string of the molecule is Cc1nn2c(N)c(C(=O)O)cnc2c1Cl. The molecule has 0 aromatic carbocycles. The molecule has 0 saturated heterocycles. The number of aromatic nitrogens is 3. The first-order valence-electron chi connectivity index (χ1n) is 4.05. The minimum absolute atomic E-state index is 0.0162. The molecule has 2 rings (SSSR count). The maximum atomic E-state index is 10.8. The number of hydrogen-bond acceptors (Lipinski definition) is 4. The summed E-state index contributed by atoms with van der Waals surface area (Å²) in [4.78, 5) is 14.7. The number of hydrogen-bond donors (Lipinski definition) is 2. The fraction of sp³-hybridized carbons (Fsp3) is 0.125. The van der Waals surface area contributed by atoms with Crippen LogP contribution in [0.25, 0.3) is 5.65 Å². The predicted octanol–water partition coefficient (Wildman–Crippen LogP) is 0.972. The highest BCUT2D eigenvalue weighted by atomic mass is 35.5. The van der Waals surface area contributed by atoms with Crippen LogP contribution in [-0.4, -0.2) is 25.7 Å². The third kappa shape index (κ3) is 1.30. The summed E-state index contributed by atoms with van der Waals surface area (Å²) in [6, 6.07) is 0. The van der Waals surface area contributed by atoms with Gasteiger partial charge in [0, 0.05) is 6.20 Å². The van der Waals surface area contributed by atoms with Crippen LogP contribution in [0.5, 0.6) is 0 Å². The summed E-state index contributed by atoms with van der Waals surface area (Å²) in [7, 11) is 0. The topological polar surface area (TPSA) is 93.5 Å². The Labute approximate surface area is 89.3 Å². The van der Waals surface area contributed by atoms with Crippen LogP contribution in [0.1, 0.15) is 16.1 Å². The lowest BCUT2D eigenvalue weighted by Gasteiger charge is -2.01. The number of halogens is 1. The van der Waals surface area contributed by atoms with Gasteiger partial charge >= 0.3 is 5.97 Å². The number of nitrogens with zero attached hydrogens (tertiary/aromatic N) is 3. The molecule has 0 aliphatic carbocycles. The summed E-state index contributed by atoms with van der Waals surface area (Å²) in [5.41, 5.74) is 6.44. The number of carbonyl (C=O) groups is 1. The molecule has 0 spiro atoms. The molecule has 2 aromatic rings. The van der Waals surface area contributed by atoms with E-state index >= 15 is 0 Å². The zero-order valence-corrected chi connectivity index (χ0v) is 8.49. The van der Waals surface area contributed by atoms with E-state index in [9.17, 15) is 4.79 Å². The van der Waals surface area contributed by atoms with E-state index in [-0.39, 0.29) is 11.4 Å². The van der Waals surface area contributed by atoms with Crippen LogP contribution in [0.3, 0.4) is 0 Å². The van der Waals surface area contributed by atoms with Gasteiger partial charge in [-0.2, -0.15) is 9.61 Å². The van der Waals surface area contributed by atoms with Gasteiger partial charge in [-0.3, -0.25) is 0 Å². The van der Waals surface area contributed by atoms with Crippen LogP contribution in [-0.2, 0) is 0 Å². The number of carboxylic acids is 1. The molecule has 0 saturated carbocycles. The minimum Gasteiger partial charge on any atom is -0.477 e. The molecule has 0 unspecified atom stereocenters. The lowest BCUT2D eigenvalue weighted by molar-refractivity contribution is 0.0697. The number of nitrogen functional groups attached to an aromatic ring is 1. The van der Waals surface area contributed by atoms with E-state index in [1.807, 2.05) is 0 Å². The van der Waals surface area contributed by atoms with Gasteiger partial charge in [-0.25, -0.2) is 9.78 Å². The van der Waals surface area contributed by atoms with Gasteiger partial charge in [-0.1, -0.05) is 11.6 Å². The molecule has 15 heavy (non-hydrogen) atoms. The number of carboxylic acid groups (broad SMARTS) is 1. The van der Waals surface area contributed by atoms with E-state index < -0.39 is 5.97 Å². The highest BCUT2D eigenvalue weighted by Gasteiger charge is 2.16. The normalized spacial score (nSPS) is 10.8. The Morgan fingerprint density at radius 1 is 1.67 bits per heavy atom. The molecule has 0 aliphatic rings. The molecular weight excluding hydrogens is 220 g/mol. The number of aromatic carboxylic acids is 1. The van der Waals surface area contributed by atoms with E-state index in [1.165, 1.54) is 10.7 Å². The average Bonchev–Trinajstić information content (AvgIpc) is 2.45. The molecular formula is C8H7ClN4O2. The second kappa shape index (κ2) is 3.09. The Kier molecular flexibility index (Phi) is 2.01. The Morgan fingerprint density at radius 3 is 2.93 bits per heavy atom. The van der Waals surface area contributed by atoms with Crippen LogP contribution in [0.2, 0.25) is 5.02 Å². The van der Waals surface area contributed by atoms with Crippen molar-refractivity contribution in [1.82, 2.24) is 14.6 Å². The van der Waals surface area contributed by atoms with Crippen molar-refractivity contribution in [1.29, 1.82) is 0 Å². The van der Waals surface area contributed by atoms with Crippen LogP contribution < -0.4 is 5.73 Å². The van der Waals surface area contributed by atoms with Crippen molar-refractivity contribution in [3.8, 4) is 0 Å². The second-order valence-electron chi connectivity index (χ2n) is 3.00. The van der Waals surface area contributed by atoms with Crippen molar-refractivity contribution in [3.05, 3.63) is 22.5 Å². The van der Waals surface area contributed by atoms with Crippen molar-refractivity contribution in [2.24, 2.45) is 0 Å². The minimum atomic E-state index is -1.15. The monoisotopic (exact) mass is 226 g/mol. The summed E-state index contributed by atoms with van der Waals surface area (Å²) in [6.45, 7) is 1.69. The molecule has 7 heteroatoms. The summed E-state index contributed by atoms with van der Waals surface area (Å²) < 4.78 is 1.22. The third-order valence-electron chi connectivity index (χ3n) is 2.02. The van der Waals surface area contributed by atoms with Gasteiger partial charge in [-0.05, 0) is 6.92 Å². The molecule has 0 fully saturated rings. The predicted molar refractivity (Wildman–Crippen MR) is 54.1 cm³/mol. The van der Waals surface area contributed by atoms with Gasteiger partial charge in [0.05, 0.1) is 5.69 Å². The Hall–Kier alpha value is -1.82. The number of rotatable bonds is 1. The van der Waals surface area contributed by atoms with Crippen LogP contribution >= 0.6 is 11.6 Å². The Morgan fingerprint density at radius 2 is 2.33 bits per heavy atom. The molecule has 2 heterocycles. The maximum Gasteiger partial charge on any atom is 0.341 e. The van der Waals surface area contributed by atoms with Crippen molar-refractivity contribution >= 4 is 29.0 Å². The van der Waals surface area contributed by atoms with E-state index in [4.69, 9.17) is 22.4 Å². The number of fused-ring (bicyclic) bond motifs is 1. The molecule has 2 aromatic heterocycles. The van der Waals surface area contributed by atoms with E-state index in [2.05, 4.69) is 10.1 Å². The Balaban J connectivity index is 2.85. The van der Waals surface area contributed by atoms with E-state index in [1.54, 1.807) is 6.92 Å². The van der Waals surface area contributed by atoms with Crippen molar-refractivity contribution in [3.63, 3.8) is 0 Å². The zero-order chi connectivity index (χ0) is 11.2. The molecule has 0 aliphatic heterocycles. The van der Waals surface area contributed by atoms with Crippen LogP contribution in [0.15, 0.2) is 6.20 Å². The summed E-state index contributed by atoms with van der Waals surface area (Å²) in [6.07, 6.45) is 1.17. The summed E-state index contributed by atoms with van der Waals surface area (Å²) in [5.74, 6) is -1.13. The summed E-state index contributed by atoms with van der Waals surface area (Å²) >= 11 is 5.90. The third-order valence-corrected chi connectivity index (χ3v) is 2.46. The number of aryl methyl sites for hydroxylation is 1. The van der Waals surface area contributed by atoms with E-state index in [0.29, 0.717) is 16.4 Å². The average molecular weight is 227 g/mol. The quantitative estimate of drug-likeness (QED) is 0.756. The standard InChI is InChI=1S/C8H7ClN4O2/c1-3-5(9)7-11-2-4(8(14)15)6(10)13(7)12-3/h2H,10H2,1H3,(H,14,15). The van der Waals surface area contributed by atoms with Gasteiger partial charge in [0.25, 0.3) is 0 Å². The highest BCUT2D eigenvalue weighted by molar-refractivity contribution is 6.34. The smallest absolute Gasteiger partial charge is 0.341 e. The van der Waals surface area contributed by atoms with Gasteiger partial charge in [0.2, 0.25) is 0 Å². The Bertz CT molecular complexity index is 563. The fourth-order valence-corrected chi connectivity index (χ4v) is 1.41. The largest absolute Gasteiger partial charge is 0.477 e. The van der Waals surface area contributed by atoms with Crippen LogP contribution in [0.4, 0.5) is 5.82 Å². The molecule has 0 bridgehead atoms. The lowest BCUT2D eigenvalue weighted by atomic mass is 10.3. The van der Waals surface area contributed by atoms with Gasteiger partial charge in [0.15, 0.2) is 5.65 Å². The molecule has 0 amide bonds. The summed E-state index contributed by atoms with van der Waals surface area (Å²) in [5, 5.41) is 13.2. The molecule has 0 atom stereocenters. The van der Waals surface area contributed by atoms with Crippen molar-refractivity contribution < 1.29 is 9.90 Å². The fourth-order valence-electron chi connectivity index (χ4n) is 1.25. The number of anilines is 1. The first kappa shape index (κ1) is 9.72. The van der Waals surface area contributed by atoms with Crippen molar-refractivity contribution in [2.75, 3.05) is 5.73 Å².